The van der Waals surface area contributed by atoms with Crippen molar-refractivity contribution in [2.45, 2.75) is 37.8 Å². The van der Waals surface area contributed by atoms with Crippen molar-refractivity contribution >= 4 is 35.2 Å². The van der Waals surface area contributed by atoms with E-state index < -0.39 is 29.8 Å². The Morgan fingerprint density at radius 1 is 0.953 bits per heavy atom. The van der Waals surface area contributed by atoms with Crippen molar-refractivity contribution < 1.29 is 28.7 Å². The van der Waals surface area contributed by atoms with E-state index in [0.29, 0.717) is 35.9 Å². The lowest BCUT2D eigenvalue weighted by Crippen LogP contribution is -2.50. The van der Waals surface area contributed by atoms with Gasteiger partial charge in [-0.3, -0.25) is 19.2 Å². The molecule has 1 unspecified atom stereocenters. The Hall–Kier alpha value is -4.57. The number of amides is 4. The Morgan fingerprint density at radius 2 is 1.70 bits per heavy atom. The topological polar surface area (TPSA) is 135 Å². The molecule has 0 aliphatic carbocycles. The van der Waals surface area contributed by atoms with Gasteiger partial charge in [-0.25, -0.2) is 0 Å². The maximum atomic E-state index is 13.3. The van der Waals surface area contributed by atoms with Gasteiger partial charge < -0.3 is 30.7 Å². The zero-order valence-corrected chi connectivity index (χ0v) is 24.4. The van der Waals surface area contributed by atoms with Crippen LogP contribution in [0.4, 0.5) is 0 Å². The third-order valence-corrected chi connectivity index (χ3v) is 6.96. The molecule has 4 rings (SSSR count). The molecule has 3 aromatic rings. The molecule has 4 N–H and O–H groups in total. The van der Waals surface area contributed by atoms with Crippen molar-refractivity contribution in [1.82, 2.24) is 21.3 Å². The first-order valence-corrected chi connectivity index (χ1v) is 14.6. The van der Waals surface area contributed by atoms with Crippen LogP contribution in [0.3, 0.4) is 0 Å². The van der Waals surface area contributed by atoms with E-state index >= 15 is 0 Å². The number of fused-ring (bicyclic) bond motifs is 1. The molecule has 3 aromatic carbocycles. The Labute approximate surface area is 255 Å². The molecule has 0 fully saturated rings. The molecule has 1 aliphatic heterocycles. The summed E-state index contributed by atoms with van der Waals surface area (Å²) in [4.78, 5) is 52.5. The summed E-state index contributed by atoms with van der Waals surface area (Å²) < 4.78 is 11.5. The fraction of sp³-hybridized carbons (Fsp3) is 0.312. The van der Waals surface area contributed by atoms with E-state index in [0.717, 1.165) is 5.56 Å². The second kappa shape index (κ2) is 16.2. The second-order valence-electron chi connectivity index (χ2n) is 9.96. The largest absolute Gasteiger partial charge is 0.493 e. The van der Waals surface area contributed by atoms with Gasteiger partial charge in [0.2, 0.25) is 17.7 Å². The second-order valence-corrected chi connectivity index (χ2v) is 10.4. The van der Waals surface area contributed by atoms with Gasteiger partial charge in [-0.15, -0.1) is 0 Å². The van der Waals surface area contributed by atoms with Crippen LogP contribution in [0.5, 0.6) is 11.5 Å². The first-order valence-electron chi connectivity index (χ1n) is 14.2. The molecule has 0 aromatic heterocycles. The average Bonchev–Trinajstić information content (AvgIpc) is 3.01. The zero-order chi connectivity index (χ0) is 30.4. The highest BCUT2D eigenvalue weighted by Crippen LogP contribution is 2.19. The fourth-order valence-electron chi connectivity index (χ4n) is 4.47. The number of carbonyl (C=O) groups is 4. The Bertz CT molecular complexity index is 1390. The Morgan fingerprint density at radius 3 is 2.49 bits per heavy atom. The van der Waals surface area contributed by atoms with Crippen molar-refractivity contribution in [1.29, 1.82) is 0 Å². The van der Waals surface area contributed by atoms with E-state index in [2.05, 4.69) is 21.3 Å². The summed E-state index contributed by atoms with van der Waals surface area (Å²) in [7, 11) is 0. The number of ether oxygens (including phenoxy) is 2. The van der Waals surface area contributed by atoms with Gasteiger partial charge in [-0.1, -0.05) is 54.1 Å². The summed E-state index contributed by atoms with van der Waals surface area (Å²) in [5.74, 6) is -0.749. The number of benzene rings is 3. The summed E-state index contributed by atoms with van der Waals surface area (Å²) in [6.45, 7) is 0.927. The highest BCUT2D eigenvalue weighted by molar-refractivity contribution is 6.30. The average molecular weight is 607 g/mol. The number of hydrogen-bond acceptors (Lipinski definition) is 6. The summed E-state index contributed by atoms with van der Waals surface area (Å²) in [5.41, 5.74) is 1.15. The van der Waals surface area contributed by atoms with Gasteiger partial charge >= 0.3 is 0 Å². The standard InChI is InChI=1S/C32H35ClN4O6/c33-23-11-13-24(14-12-23)42-20-18-35-31(40)26-15-16-29(38)36-27(21-22-7-2-1-3-8-22)32(41)34-17-6-19-43-28-10-5-4-9-25(28)30(39)37-26/h1-5,7-14,26-27H,6,15-21H2,(H,34,41)(H,35,40)(H,36,38)(H,37,39)/t26-,27?/m0/s1. The zero-order valence-electron chi connectivity index (χ0n) is 23.6. The molecule has 11 heteroatoms. The predicted molar refractivity (Wildman–Crippen MR) is 162 cm³/mol. The Kier molecular flexibility index (Phi) is 11.8. The number of halogens is 1. The molecule has 0 saturated carbocycles. The summed E-state index contributed by atoms with van der Waals surface area (Å²) in [5, 5.41) is 11.8. The van der Waals surface area contributed by atoms with Crippen LogP contribution in [-0.4, -0.2) is 62.0 Å². The fourth-order valence-corrected chi connectivity index (χ4v) is 4.60. The van der Waals surface area contributed by atoms with Crippen LogP contribution < -0.4 is 30.7 Å². The molecule has 4 amide bonds. The van der Waals surface area contributed by atoms with Gasteiger partial charge in [-0.2, -0.15) is 0 Å². The maximum absolute atomic E-state index is 13.3. The Balaban J connectivity index is 1.46. The van der Waals surface area contributed by atoms with Crippen LogP contribution in [0.25, 0.3) is 0 Å². The van der Waals surface area contributed by atoms with Crippen molar-refractivity contribution in [2.75, 3.05) is 26.3 Å². The van der Waals surface area contributed by atoms with Gasteiger partial charge in [0.25, 0.3) is 5.91 Å². The predicted octanol–water partition coefficient (Wildman–Crippen LogP) is 3.04. The lowest BCUT2D eigenvalue weighted by Gasteiger charge is -2.22. The van der Waals surface area contributed by atoms with E-state index in [-0.39, 0.29) is 44.1 Å². The van der Waals surface area contributed by atoms with E-state index in [9.17, 15) is 19.2 Å². The lowest BCUT2D eigenvalue weighted by atomic mass is 10.0. The monoisotopic (exact) mass is 606 g/mol. The molecule has 0 spiro atoms. The highest BCUT2D eigenvalue weighted by atomic mass is 35.5. The van der Waals surface area contributed by atoms with E-state index in [4.69, 9.17) is 21.1 Å². The van der Waals surface area contributed by atoms with Gasteiger partial charge in [0.15, 0.2) is 0 Å². The molecule has 1 aliphatic rings. The highest BCUT2D eigenvalue weighted by Gasteiger charge is 2.26. The summed E-state index contributed by atoms with van der Waals surface area (Å²) in [6, 6.07) is 21.1. The molecular formula is C32H35ClN4O6. The van der Waals surface area contributed by atoms with Crippen LogP contribution in [0.1, 0.15) is 35.2 Å². The summed E-state index contributed by atoms with van der Waals surface area (Å²) >= 11 is 5.90. The first-order chi connectivity index (χ1) is 20.9. The molecular weight excluding hydrogens is 572 g/mol. The number of para-hydroxylation sites is 1. The maximum Gasteiger partial charge on any atom is 0.255 e. The molecule has 0 radical (unpaired) electrons. The van der Waals surface area contributed by atoms with Crippen LogP contribution >= 0.6 is 11.6 Å². The normalized spacial score (nSPS) is 18.2. The first kappa shape index (κ1) is 31.4. The molecule has 10 nitrogen and oxygen atoms in total. The van der Waals surface area contributed by atoms with Gasteiger partial charge in [0, 0.05) is 24.4 Å². The lowest BCUT2D eigenvalue weighted by molar-refractivity contribution is -0.129. The van der Waals surface area contributed by atoms with E-state index in [1.165, 1.54) is 0 Å². The number of nitrogens with one attached hydrogen (secondary N) is 4. The van der Waals surface area contributed by atoms with Crippen LogP contribution in [0.2, 0.25) is 5.02 Å². The molecule has 0 bridgehead atoms. The molecule has 2 atom stereocenters. The SMILES string of the molecule is O=C1CC[C@@H](C(=O)NCCOc2ccc(Cl)cc2)NC(=O)c2ccccc2OCCCNC(=O)C(Cc2ccccc2)N1. The number of rotatable bonds is 7. The molecule has 0 saturated heterocycles. The third-order valence-electron chi connectivity index (χ3n) is 6.71. The van der Waals surface area contributed by atoms with Crippen LogP contribution in [-0.2, 0) is 20.8 Å². The third kappa shape index (κ3) is 10.0. The minimum Gasteiger partial charge on any atom is -0.493 e. The van der Waals surface area contributed by atoms with Crippen molar-refractivity contribution in [2.24, 2.45) is 0 Å². The number of hydrogen-bond donors (Lipinski definition) is 4. The van der Waals surface area contributed by atoms with Crippen LogP contribution in [0, 0.1) is 0 Å². The minimum atomic E-state index is -1.03. The van der Waals surface area contributed by atoms with Crippen molar-refractivity contribution in [3.63, 3.8) is 0 Å². The van der Waals surface area contributed by atoms with Crippen LogP contribution in [0.15, 0.2) is 78.9 Å². The van der Waals surface area contributed by atoms with E-state index in [1.54, 1.807) is 48.5 Å². The molecule has 43 heavy (non-hydrogen) atoms. The van der Waals surface area contributed by atoms with Crippen molar-refractivity contribution in [3.8, 4) is 11.5 Å². The molecule has 226 valence electrons. The van der Waals surface area contributed by atoms with Gasteiger partial charge in [-0.05, 0) is 54.8 Å². The minimum absolute atomic E-state index is 0.00412. The quantitative estimate of drug-likeness (QED) is 0.306. The molecule has 1 heterocycles. The van der Waals surface area contributed by atoms with Gasteiger partial charge in [0.05, 0.1) is 18.7 Å². The summed E-state index contributed by atoms with van der Waals surface area (Å²) in [6.07, 6.45) is 0.688. The van der Waals surface area contributed by atoms with E-state index in [1.807, 2.05) is 30.3 Å². The smallest absolute Gasteiger partial charge is 0.255 e. The van der Waals surface area contributed by atoms with Gasteiger partial charge in [0.1, 0.15) is 30.2 Å². The van der Waals surface area contributed by atoms with Crippen molar-refractivity contribution in [3.05, 3.63) is 95.0 Å². The number of carbonyl (C=O) groups excluding carboxylic acids is 4.